The highest BCUT2D eigenvalue weighted by Gasteiger charge is 2.31. The number of nitrogens with one attached hydrogen (secondary N) is 1. The number of carbonyl (C=O) groups is 1. The van der Waals surface area contributed by atoms with Crippen LogP contribution in [0.5, 0.6) is 0 Å². The summed E-state index contributed by atoms with van der Waals surface area (Å²) in [5, 5.41) is 0. The van der Waals surface area contributed by atoms with E-state index in [1.807, 2.05) is 25.7 Å². The molecule has 1 fully saturated rings. The topological polar surface area (TPSA) is 66.5 Å². The maximum atomic E-state index is 12.4. The van der Waals surface area contributed by atoms with E-state index in [0.717, 1.165) is 4.47 Å². The van der Waals surface area contributed by atoms with E-state index in [-0.39, 0.29) is 16.8 Å². The molecule has 23 heavy (non-hydrogen) atoms. The van der Waals surface area contributed by atoms with Crippen molar-refractivity contribution in [2.75, 3.05) is 13.1 Å². The van der Waals surface area contributed by atoms with Crippen LogP contribution < -0.4 is 4.72 Å². The van der Waals surface area contributed by atoms with Gasteiger partial charge in [0.25, 0.3) is 0 Å². The lowest BCUT2D eigenvalue weighted by atomic mass is 9.93. The molecule has 1 amide bonds. The van der Waals surface area contributed by atoms with E-state index in [2.05, 4.69) is 20.7 Å². The van der Waals surface area contributed by atoms with E-state index >= 15 is 0 Å². The fourth-order valence-electron chi connectivity index (χ4n) is 2.58. The van der Waals surface area contributed by atoms with E-state index in [1.165, 1.54) is 0 Å². The third-order valence-corrected chi connectivity index (χ3v) is 5.93. The number of likely N-dealkylation sites (tertiary alicyclic amines) is 1. The van der Waals surface area contributed by atoms with Gasteiger partial charge in [-0.1, -0.05) is 36.7 Å². The molecule has 1 saturated heterocycles. The Hall–Kier alpha value is -0.920. The van der Waals surface area contributed by atoms with Crippen LogP contribution in [-0.4, -0.2) is 38.4 Å². The van der Waals surface area contributed by atoms with Crippen LogP contribution in [0.4, 0.5) is 0 Å². The van der Waals surface area contributed by atoms with Crippen LogP contribution in [0, 0.1) is 5.41 Å². The van der Waals surface area contributed by atoms with Gasteiger partial charge in [0.15, 0.2) is 0 Å². The van der Waals surface area contributed by atoms with Gasteiger partial charge in [0.1, 0.15) is 0 Å². The number of nitrogens with zero attached hydrogens (tertiary/aromatic N) is 1. The van der Waals surface area contributed by atoms with Gasteiger partial charge >= 0.3 is 0 Å². The first-order valence-corrected chi connectivity index (χ1v) is 9.94. The minimum absolute atomic E-state index is 0.117. The van der Waals surface area contributed by atoms with Crippen molar-refractivity contribution in [3.63, 3.8) is 0 Å². The highest BCUT2D eigenvalue weighted by molar-refractivity contribution is 9.10. The van der Waals surface area contributed by atoms with Crippen molar-refractivity contribution in [3.05, 3.63) is 28.7 Å². The molecule has 0 radical (unpaired) electrons. The lowest BCUT2D eigenvalue weighted by Gasteiger charge is -2.35. The Bertz CT molecular complexity index is 658. The number of rotatable bonds is 3. The summed E-state index contributed by atoms with van der Waals surface area (Å²) < 4.78 is 28.3. The largest absolute Gasteiger partial charge is 0.342 e. The zero-order chi connectivity index (χ0) is 17.3. The summed E-state index contributed by atoms with van der Waals surface area (Å²) in [5.74, 6) is 0.117. The number of halogens is 1. The van der Waals surface area contributed by atoms with Crippen molar-refractivity contribution in [2.45, 2.75) is 44.6 Å². The second-order valence-electron chi connectivity index (χ2n) is 6.89. The van der Waals surface area contributed by atoms with Crippen LogP contribution in [0.1, 0.15) is 33.6 Å². The van der Waals surface area contributed by atoms with Gasteiger partial charge < -0.3 is 4.90 Å². The highest BCUT2D eigenvalue weighted by Crippen LogP contribution is 2.22. The summed E-state index contributed by atoms with van der Waals surface area (Å²) in [5.41, 5.74) is -0.399. The van der Waals surface area contributed by atoms with E-state index in [1.54, 1.807) is 24.3 Å². The predicted octanol–water partition coefficient (Wildman–Crippen LogP) is 2.76. The first-order valence-electron chi connectivity index (χ1n) is 7.67. The molecule has 0 atom stereocenters. The van der Waals surface area contributed by atoms with Crippen LogP contribution in [-0.2, 0) is 14.8 Å². The summed E-state index contributed by atoms with van der Waals surface area (Å²) in [6, 6.07) is 6.43. The van der Waals surface area contributed by atoms with E-state index in [9.17, 15) is 13.2 Å². The summed E-state index contributed by atoms with van der Waals surface area (Å²) in [6.07, 6.45) is 1.27. The Morgan fingerprint density at radius 1 is 1.17 bits per heavy atom. The number of benzene rings is 1. The Morgan fingerprint density at radius 2 is 1.70 bits per heavy atom. The van der Waals surface area contributed by atoms with Crippen LogP contribution in [0.15, 0.2) is 33.6 Å². The smallest absolute Gasteiger partial charge is 0.240 e. The van der Waals surface area contributed by atoms with Gasteiger partial charge in [-0.05, 0) is 37.1 Å². The van der Waals surface area contributed by atoms with Crippen LogP contribution >= 0.6 is 15.9 Å². The molecule has 0 aliphatic carbocycles. The average Bonchev–Trinajstić information content (AvgIpc) is 2.46. The number of sulfonamides is 1. The second-order valence-corrected chi connectivity index (χ2v) is 9.52. The van der Waals surface area contributed by atoms with Gasteiger partial charge in [0, 0.05) is 29.0 Å². The molecule has 0 saturated carbocycles. The Morgan fingerprint density at radius 3 is 2.17 bits per heavy atom. The molecule has 1 aromatic rings. The normalized spacial score (nSPS) is 17.3. The standard InChI is InChI=1S/C16H23BrN2O3S/c1-16(2,3)15(20)19-10-8-13(9-11-19)18-23(21,22)14-6-4-12(17)5-7-14/h4-7,13,18H,8-11H2,1-3H3. The van der Waals surface area contributed by atoms with E-state index in [4.69, 9.17) is 0 Å². The maximum absolute atomic E-state index is 12.4. The third-order valence-electron chi connectivity index (χ3n) is 3.87. The minimum Gasteiger partial charge on any atom is -0.342 e. The predicted molar refractivity (Wildman–Crippen MR) is 93.5 cm³/mol. The molecular weight excluding hydrogens is 380 g/mol. The van der Waals surface area contributed by atoms with Crippen molar-refractivity contribution < 1.29 is 13.2 Å². The Labute approximate surface area is 146 Å². The molecule has 0 aromatic heterocycles. The molecule has 128 valence electrons. The number of piperidine rings is 1. The third kappa shape index (κ3) is 4.78. The van der Waals surface area contributed by atoms with Crippen molar-refractivity contribution in [1.82, 2.24) is 9.62 Å². The molecule has 1 aromatic carbocycles. The lowest BCUT2D eigenvalue weighted by molar-refractivity contribution is -0.140. The fraction of sp³-hybridized carbons (Fsp3) is 0.562. The van der Waals surface area contributed by atoms with Crippen molar-refractivity contribution >= 4 is 31.9 Å². The lowest BCUT2D eigenvalue weighted by Crippen LogP contribution is -2.49. The molecular formula is C16H23BrN2O3S. The van der Waals surface area contributed by atoms with Crippen molar-refractivity contribution in [1.29, 1.82) is 0 Å². The molecule has 2 rings (SSSR count). The monoisotopic (exact) mass is 402 g/mol. The van der Waals surface area contributed by atoms with Crippen molar-refractivity contribution in [3.8, 4) is 0 Å². The molecule has 0 spiro atoms. The molecule has 0 bridgehead atoms. The van der Waals surface area contributed by atoms with Crippen LogP contribution in [0.2, 0.25) is 0 Å². The SMILES string of the molecule is CC(C)(C)C(=O)N1CCC(NS(=O)(=O)c2ccc(Br)cc2)CC1. The average molecular weight is 403 g/mol. The molecule has 5 nitrogen and oxygen atoms in total. The Kier molecular flexibility index (Phi) is 5.53. The molecule has 1 N–H and O–H groups in total. The Balaban J connectivity index is 1.96. The summed E-state index contributed by atoms with van der Waals surface area (Å²) in [7, 11) is -3.52. The zero-order valence-corrected chi connectivity index (χ0v) is 16.1. The first-order chi connectivity index (χ1) is 10.6. The number of hydrogen-bond donors (Lipinski definition) is 1. The molecule has 7 heteroatoms. The van der Waals surface area contributed by atoms with Gasteiger partial charge in [0.2, 0.25) is 15.9 Å². The van der Waals surface area contributed by atoms with Gasteiger partial charge in [-0.2, -0.15) is 0 Å². The first kappa shape index (κ1) is 18.4. The number of amides is 1. The molecule has 1 aliphatic heterocycles. The molecule has 1 heterocycles. The maximum Gasteiger partial charge on any atom is 0.240 e. The van der Waals surface area contributed by atoms with Crippen LogP contribution in [0.25, 0.3) is 0 Å². The van der Waals surface area contributed by atoms with Crippen LogP contribution in [0.3, 0.4) is 0 Å². The quantitative estimate of drug-likeness (QED) is 0.844. The zero-order valence-electron chi connectivity index (χ0n) is 13.7. The van der Waals surface area contributed by atoms with Gasteiger partial charge in [0.05, 0.1) is 4.90 Å². The van der Waals surface area contributed by atoms with Gasteiger partial charge in [-0.25, -0.2) is 13.1 Å². The number of carbonyl (C=O) groups excluding carboxylic acids is 1. The molecule has 0 unspecified atom stereocenters. The summed E-state index contributed by atoms with van der Waals surface area (Å²) in [6.45, 7) is 6.88. The molecule has 1 aliphatic rings. The minimum atomic E-state index is -3.52. The number of hydrogen-bond acceptors (Lipinski definition) is 3. The van der Waals surface area contributed by atoms with Gasteiger partial charge in [-0.15, -0.1) is 0 Å². The van der Waals surface area contributed by atoms with E-state index < -0.39 is 15.4 Å². The second kappa shape index (κ2) is 6.91. The van der Waals surface area contributed by atoms with E-state index in [0.29, 0.717) is 25.9 Å². The summed E-state index contributed by atoms with van der Waals surface area (Å²) in [4.78, 5) is 14.3. The van der Waals surface area contributed by atoms with Crippen molar-refractivity contribution in [2.24, 2.45) is 5.41 Å². The van der Waals surface area contributed by atoms with Gasteiger partial charge in [-0.3, -0.25) is 4.79 Å². The summed E-state index contributed by atoms with van der Waals surface area (Å²) >= 11 is 3.29. The fourth-order valence-corrected chi connectivity index (χ4v) is 4.15. The highest BCUT2D eigenvalue weighted by atomic mass is 79.9.